The van der Waals surface area contributed by atoms with Gasteiger partial charge in [-0.25, -0.2) is 0 Å². The first-order chi connectivity index (χ1) is 11.2. The molecule has 0 saturated heterocycles. The second-order valence-corrected chi connectivity index (χ2v) is 6.75. The standard InChI is InChI=1S/C21H40O2/c1-4-7-10-12-16-20(15-9-6-3)17-14-18-21(22)23-19-13-11-8-5-2/h5,20H,2,4,6-19H2,1,3H3. The van der Waals surface area contributed by atoms with Crippen molar-refractivity contribution in [2.45, 2.75) is 104 Å². The van der Waals surface area contributed by atoms with Gasteiger partial charge in [-0.05, 0) is 38.0 Å². The van der Waals surface area contributed by atoms with Gasteiger partial charge < -0.3 is 4.74 Å². The molecule has 2 nitrogen and oxygen atoms in total. The molecule has 0 heterocycles. The van der Waals surface area contributed by atoms with E-state index in [0.29, 0.717) is 13.0 Å². The van der Waals surface area contributed by atoms with Gasteiger partial charge in [0, 0.05) is 6.42 Å². The monoisotopic (exact) mass is 324 g/mol. The molecule has 0 amide bonds. The highest BCUT2D eigenvalue weighted by molar-refractivity contribution is 5.69. The molecule has 0 radical (unpaired) electrons. The van der Waals surface area contributed by atoms with Crippen LogP contribution in [0.4, 0.5) is 0 Å². The van der Waals surface area contributed by atoms with Crippen LogP contribution in [-0.4, -0.2) is 12.6 Å². The Bertz CT molecular complexity index is 273. The summed E-state index contributed by atoms with van der Waals surface area (Å²) in [7, 11) is 0. The van der Waals surface area contributed by atoms with E-state index in [1.165, 1.54) is 57.8 Å². The third-order valence-corrected chi connectivity index (χ3v) is 4.49. The quantitative estimate of drug-likeness (QED) is 0.166. The number of carbonyl (C=O) groups is 1. The van der Waals surface area contributed by atoms with Crippen molar-refractivity contribution in [1.82, 2.24) is 0 Å². The highest BCUT2D eigenvalue weighted by Crippen LogP contribution is 2.23. The van der Waals surface area contributed by atoms with Crippen molar-refractivity contribution in [1.29, 1.82) is 0 Å². The van der Waals surface area contributed by atoms with E-state index in [9.17, 15) is 4.79 Å². The van der Waals surface area contributed by atoms with Crippen LogP contribution in [0, 0.1) is 5.92 Å². The number of hydrogen-bond donors (Lipinski definition) is 0. The van der Waals surface area contributed by atoms with Crippen molar-refractivity contribution in [3.63, 3.8) is 0 Å². The van der Waals surface area contributed by atoms with Gasteiger partial charge in [0.2, 0.25) is 0 Å². The highest BCUT2D eigenvalue weighted by atomic mass is 16.5. The maximum absolute atomic E-state index is 11.7. The van der Waals surface area contributed by atoms with Gasteiger partial charge in [-0.15, -0.1) is 6.58 Å². The lowest BCUT2D eigenvalue weighted by atomic mass is 9.90. The molecule has 0 rings (SSSR count). The van der Waals surface area contributed by atoms with E-state index in [1.807, 2.05) is 6.08 Å². The zero-order chi connectivity index (χ0) is 17.2. The molecule has 136 valence electrons. The lowest BCUT2D eigenvalue weighted by molar-refractivity contribution is -0.143. The normalized spacial score (nSPS) is 12.1. The maximum atomic E-state index is 11.7. The molecule has 1 unspecified atom stereocenters. The van der Waals surface area contributed by atoms with Crippen LogP contribution in [0.2, 0.25) is 0 Å². The van der Waals surface area contributed by atoms with E-state index in [-0.39, 0.29) is 5.97 Å². The number of hydrogen-bond acceptors (Lipinski definition) is 2. The SMILES string of the molecule is C=CCCCCOC(=O)CCCC(CCCC)CCCCCC. The molecular formula is C21H40O2. The Kier molecular flexibility index (Phi) is 17.0. The predicted octanol–water partition coefficient (Wildman–Crippen LogP) is 6.83. The fourth-order valence-corrected chi connectivity index (χ4v) is 2.97. The fraction of sp³-hybridized carbons (Fsp3) is 0.857. The molecule has 0 bridgehead atoms. The first-order valence-electron chi connectivity index (χ1n) is 10.0. The summed E-state index contributed by atoms with van der Waals surface area (Å²) in [6.07, 6.45) is 18.4. The van der Waals surface area contributed by atoms with Gasteiger partial charge in [-0.2, -0.15) is 0 Å². The van der Waals surface area contributed by atoms with Gasteiger partial charge in [0.05, 0.1) is 6.61 Å². The van der Waals surface area contributed by atoms with Crippen LogP contribution >= 0.6 is 0 Å². The zero-order valence-electron chi connectivity index (χ0n) is 15.8. The molecule has 0 aliphatic carbocycles. The summed E-state index contributed by atoms with van der Waals surface area (Å²) in [6, 6.07) is 0. The molecule has 0 N–H and O–H groups in total. The van der Waals surface area contributed by atoms with Crippen molar-refractivity contribution in [3.05, 3.63) is 12.7 Å². The summed E-state index contributed by atoms with van der Waals surface area (Å²) in [5.74, 6) is 0.802. The molecule has 0 saturated carbocycles. The van der Waals surface area contributed by atoms with E-state index in [0.717, 1.165) is 31.6 Å². The number of allylic oxidation sites excluding steroid dienone is 1. The number of ether oxygens (including phenoxy) is 1. The molecule has 0 aromatic rings. The fourth-order valence-electron chi connectivity index (χ4n) is 2.97. The van der Waals surface area contributed by atoms with Gasteiger partial charge in [0.25, 0.3) is 0 Å². The Labute approximate surface area is 145 Å². The summed E-state index contributed by atoms with van der Waals surface area (Å²) in [5.41, 5.74) is 0. The first kappa shape index (κ1) is 22.2. The van der Waals surface area contributed by atoms with Crippen molar-refractivity contribution in [2.24, 2.45) is 5.92 Å². The van der Waals surface area contributed by atoms with Crippen LogP contribution in [-0.2, 0) is 9.53 Å². The van der Waals surface area contributed by atoms with Gasteiger partial charge >= 0.3 is 5.97 Å². The first-order valence-corrected chi connectivity index (χ1v) is 10.0. The lowest BCUT2D eigenvalue weighted by Gasteiger charge is -2.16. The summed E-state index contributed by atoms with van der Waals surface area (Å²) >= 11 is 0. The average Bonchev–Trinajstić information content (AvgIpc) is 2.55. The number of unbranched alkanes of at least 4 members (excludes halogenated alkanes) is 6. The van der Waals surface area contributed by atoms with Crippen LogP contribution in [0.15, 0.2) is 12.7 Å². The Morgan fingerprint density at radius 3 is 2.30 bits per heavy atom. The Hall–Kier alpha value is -0.790. The van der Waals surface area contributed by atoms with E-state index >= 15 is 0 Å². The topological polar surface area (TPSA) is 26.3 Å². The van der Waals surface area contributed by atoms with Gasteiger partial charge in [-0.1, -0.05) is 71.3 Å². The molecule has 0 aliphatic rings. The zero-order valence-corrected chi connectivity index (χ0v) is 15.8. The Balaban J connectivity index is 3.73. The summed E-state index contributed by atoms with van der Waals surface area (Å²) in [5, 5.41) is 0. The molecule has 2 heteroatoms. The molecule has 0 aliphatic heterocycles. The van der Waals surface area contributed by atoms with E-state index in [2.05, 4.69) is 20.4 Å². The smallest absolute Gasteiger partial charge is 0.305 e. The van der Waals surface area contributed by atoms with Crippen LogP contribution in [0.3, 0.4) is 0 Å². The summed E-state index contributed by atoms with van der Waals surface area (Å²) in [6.45, 7) is 8.79. The number of rotatable bonds is 17. The molecule has 0 aromatic heterocycles. The van der Waals surface area contributed by atoms with E-state index in [4.69, 9.17) is 4.74 Å². The molecule has 1 atom stereocenters. The number of esters is 1. The largest absolute Gasteiger partial charge is 0.466 e. The van der Waals surface area contributed by atoms with E-state index in [1.54, 1.807) is 0 Å². The Morgan fingerprint density at radius 2 is 1.61 bits per heavy atom. The van der Waals surface area contributed by atoms with Crippen molar-refractivity contribution in [2.75, 3.05) is 6.61 Å². The third kappa shape index (κ3) is 15.9. The minimum absolute atomic E-state index is 0.0103. The van der Waals surface area contributed by atoms with Crippen LogP contribution in [0.5, 0.6) is 0 Å². The number of carbonyl (C=O) groups excluding carboxylic acids is 1. The minimum atomic E-state index is -0.0103. The second kappa shape index (κ2) is 17.6. The van der Waals surface area contributed by atoms with Crippen LogP contribution < -0.4 is 0 Å². The average molecular weight is 325 g/mol. The second-order valence-electron chi connectivity index (χ2n) is 6.75. The van der Waals surface area contributed by atoms with Crippen molar-refractivity contribution in [3.8, 4) is 0 Å². The van der Waals surface area contributed by atoms with Crippen molar-refractivity contribution < 1.29 is 9.53 Å². The third-order valence-electron chi connectivity index (χ3n) is 4.49. The van der Waals surface area contributed by atoms with Gasteiger partial charge in [-0.3, -0.25) is 4.79 Å². The Morgan fingerprint density at radius 1 is 0.913 bits per heavy atom. The minimum Gasteiger partial charge on any atom is -0.466 e. The van der Waals surface area contributed by atoms with Gasteiger partial charge in [0.15, 0.2) is 0 Å². The maximum Gasteiger partial charge on any atom is 0.305 e. The molecule has 0 aromatic carbocycles. The van der Waals surface area contributed by atoms with Gasteiger partial charge in [0.1, 0.15) is 0 Å². The van der Waals surface area contributed by atoms with Crippen molar-refractivity contribution >= 4 is 5.97 Å². The lowest BCUT2D eigenvalue weighted by Crippen LogP contribution is -2.07. The summed E-state index contributed by atoms with van der Waals surface area (Å²) < 4.78 is 5.29. The molecule has 0 fully saturated rings. The van der Waals surface area contributed by atoms with Crippen LogP contribution in [0.25, 0.3) is 0 Å². The molecule has 0 spiro atoms. The molecular weight excluding hydrogens is 284 g/mol. The van der Waals surface area contributed by atoms with E-state index < -0.39 is 0 Å². The molecule has 23 heavy (non-hydrogen) atoms. The highest BCUT2D eigenvalue weighted by Gasteiger charge is 2.10. The predicted molar refractivity (Wildman–Crippen MR) is 101 cm³/mol. The van der Waals surface area contributed by atoms with Crippen LogP contribution in [0.1, 0.15) is 104 Å². The summed E-state index contributed by atoms with van der Waals surface area (Å²) in [4.78, 5) is 11.7.